The summed E-state index contributed by atoms with van der Waals surface area (Å²) in [6, 6.07) is 2.13. The number of halogens is 3. The number of ether oxygens (including phenoxy) is 1. The highest BCUT2D eigenvalue weighted by atomic mass is 19.2. The molecule has 6 heteroatoms. The van der Waals surface area contributed by atoms with Crippen molar-refractivity contribution < 1.29 is 17.9 Å². The highest BCUT2D eigenvalue weighted by molar-refractivity contribution is 5.25. The van der Waals surface area contributed by atoms with Crippen LogP contribution in [0, 0.1) is 17.5 Å². The van der Waals surface area contributed by atoms with Gasteiger partial charge in [-0.3, -0.25) is 0 Å². The van der Waals surface area contributed by atoms with Gasteiger partial charge in [0.25, 0.3) is 0 Å². The van der Waals surface area contributed by atoms with E-state index in [0.717, 1.165) is 44.4 Å². The van der Waals surface area contributed by atoms with Crippen LogP contribution >= 0.6 is 0 Å². The Kier molecular flexibility index (Phi) is 5.79. The Morgan fingerprint density at radius 2 is 1.75 bits per heavy atom. The molecular formula is C18H25F3N2O. The maximum atomic E-state index is 13.9. The Morgan fingerprint density at radius 3 is 2.46 bits per heavy atom. The third kappa shape index (κ3) is 3.92. The summed E-state index contributed by atoms with van der Waals surface area (Å²) in [7, 11) is 0. The van der Waals surface area contributed by atoms with Gasteiger partial charge in [-0.05, 0) is 63.1 Å². The minimum atomic E-state index is -1.04. The molecule has 1 saturated heterocycles. The van der Waals surface area contributed by atoms with Gasteiger partial charge < -0.3 is 15.8 Å². The average molecular weight is 342 g/mol. The Morgan fingerprint density at radius 1 is 1.04 bits per heavy atom. The number of benzene rings is 1. The van der Waals surface area contributed by atoms with E-state index in [1.165, 1.54) is 0 Å². The summed E-state index contributed by atoms with van der Waals surface area (Å²) in [4.78, 5) is 0. The molecule has 1 aliphatic carbocycles. The predicted molar refractivity (Wildman–Crippen MR) is 86.3 cm³/mol. The smallest absolute Gasteiger partial charge is 0.165 e. The lowest BCUT2D eigenvalue weighted by Crippen LogP contribution is -2.52. The van der Waals surface area contributed by atoms with Crippen LogP contribution in [0.3, 0.4) is 0 Å². The normalized spacial score (nSPS) is 31.2. The zero-order chi connectivity index (χ0) is 17.1. The van der Waals surface area contributed by atoms with E-state index in [9.17, 15) is 13.2 Å². The van der Waals surface area contributed by atoms with Crippen LogP contribution in [0.2, 0.25) is 0 Å². The molecule has 3 rings (SSSR count). The molecule has 0 radical (unpaired) electrons. The maximum absolute atomic E-state index is 13.9. The molecule has 2 unspecified atom stereocenters. The molecule has 0 aromatic heterocycles. The van der Waals surface area contributed by atoms with E-state index in [1.807, 2.05) is 0 Å². The van der Waals surface area contributed by atoms with Gasteiger partial charge in [-0.25, -0.2) is 13.2 Å². The molecule has 1 heterocycles. The fourth-order valence-electron chi connectivity index (χ4n) is 3.84. The van der Waals surface area contributed by atoms with Crippen LogP contribution in [0.15, 0.2) is 12.1 Å². The number of piperidine rings is 1. The first-order valence-electron chi connectivity index (χ1n) is 8.80. The molecule has 1 aromatic carbocycles. The van der Waals surface area contributed by atoms with Gasteiger partial charge in [-0.2, -0.15) is 0 Å². The summed E-state index contributed by atoms with van der Waals surface area (Å²) in [5.74, 6) is -2.97. The van der Waals surface area contributed by atoms with Crippen LogP contribution in [0.1, 0.15) is 50.0 Å². The number of nitrogens with one attached hydrogen (secondary N) is 1. The van der Waals surface area contributed by atoms with Crippen LogP contribution in [-0.2, 0) is 4.74 Å². The van der Waals surface area contributed by atoms with Gasteiger partial charge in [0.15, 0.2) is 11.6 Å². The van der Waals surface area contributed by atoms with E-state index in [4.69, 9.17) is 10.5 Å². The minimum absolute atomic E-state index is 0.0804. The van der Waals surface area contributed by atoms with Crippen molar-refractivity contribution in [1.29, 1.82) is 0 Å². The molecule has 3 N–H and O–H groups in total. The molecule has 0 bridgehead atoms. The van der Waals surface area contributed by atoms with Crippen molar-refractivity contribution in [2.45, 2.75) is 62.6 Å². The van der Waals surface area contributed by atoms with Crippen LogP contribution < -0.4 is 11.1 Å². The highest BCUT2D eigenvalue weighted by Gasteiger charge is 2.29. The Labute approximate surface area is 140 Å². The van der Waals surface area contributed by atoms with Gasteiger partial charge in [-0.1, -0.05) is 0 Å². The monoisotopic (exact) mass is 342 g/mol. The summed E-state index contributed by atoms with van der Waals surface area (Å²) in [5, 5.41) is 3.37. The Bertz CT molecular complexity index is 561. The van der Waals surface area contributed by atoms with Crippen molar-refractivity contribution in [3.05, 3.63) is 35.1 Å². The minimum Gasteiger partial charge on any atom is -0.377 e. The van der Waals surface area contributed by atoms with Crippen LogP contribution in [-0.4, -0.2) is 31.3 Å². The lowest BCUT2D eigenvalue weighted by molar-refractivity contribution is 0.00581. The molecule has 1 saturated carbocycles. The fourth-order valence-corrected chi connectivity index (χ4v) is 3.84. The van der Waals surface area contributed by atoms with Crippen molar-refractivity contribution in [2.24, 2.45) is 5.73 Å². The van der Waals surface area contributed by atoms with Gasteiger partial charge >= 0.3 is 0 Å². The Balaban J connectivity index is 1.52. The second kappa shape index (κ2) is 7.85. The largest absolute Gasteiger partial charge is 0.377 e. The fraction of sp³-hybridized carbons (Fsp3) is 0.667. The summed E-state index contributed by atoms with van der Waals surface area (Å²) < 4.78 is 47.1. The second-order valence-corrected chi connectivity index (χ2v) is 6.93. The SMILES string of the molecule is NC1CCCNC1COC1CCC(c2c(F)ccc(F)c2F)CC1. The second-order valence-electron chi connectivity index (χ2n) is 6.93. The summed E-state index contributed by atoms with van der Waals surface area (Å²) in [6.07, 6.45) is 4.83. The van der Waals surface area contributed by atoms with Gasteiger partial charge in [0.1, 0.15) is 5.82 Å². The van der Waals surface area contributed by atoms with Crippen LogP contribution in [0.25, 0.3) is 0 Å². The van der Waals surface area contributed by atoms with E-state index in [1.54, 1.807) is 0 Å². The molecule has 1 aliphatic heterocycles. The molecular weight excluding hydrogens is 317 g/mol. The van der Waals surface area contributed by atoms with Gasteiger partial charge in [0, 0.05) is 17.6 Å². The van der Waals surface area contributed by atoms with Gasteiger partial charge in [-0.15, -0.1) is 0 Å². The first-order chi connectivity index (χ1) is 11.6. The molecule has 2 atom stereocenters. The van der Waals surface area contributed by atoms with Crippen molar-refractivity contribution in [3.8, 4) is 0 Å². The van der Waals surface area contributed by atoms with Crippen molar-refractivity contribution in [3.63, 3.8) is 0 Å². The zero-order valence-electron chi connectivity index (χ0n) is 13.7. The molecule has 0 amide bonds. The summed E-state index contributed by atoms with van der Waals surface area (Å²) in [6.45, 7) is 1.53. The lowest BCUT2D eigenvalue weighted by atomic mass is 9.82. The molecule has 134 valence electrons. The van der Waals surface area contributed by atoms with E-state index in [-0.39, 0.29) is 29.7 Å². The highest BCUT2D eigenvalue weighted by Crippen LogP contribution is 2.37. The zero-order valence-corrected chi connectivity index (χ0v) is 13.7. The Hall–Kier alpha value is -1.11. The molecule has 2 fully saturated rings. The first kappa shape index (κ1) is 17.7. The van der Waals surface area contributed by atoms with Crippen molar-refractivity contribution in [1.82, 2.24) is 5.32 Å². The van der Waals surface area contributed by atoms with Crippen LogP contribution in [0.4, 0.5) is 13.2 Å². The molecule has 24 heavy (non-hydrogen) atoms. The van der Waals surface area contributed by atoms with Crippen LogP contribution in [0.5, 0.6) is 0 Å². The predicted octanol–water partition coefficient (Wildman–Crippen LogP) is 3.23. The standard InChI is InChI=1S/C18H25F3N2O/c19-13-7-8-14(20)18(21)17(13)11-3-5-12(6-4-11)24-10-16-15(22)2-1-9-23-16/h7-8,11-12,15-16,23H,1-6,9-10,22H2. The van der Waals surface area contributed by atoms with Crippen molar-refractivity contribution in [2.75, 3.05) is 13.2 Å². The van der Waals surface area contributed by atoms with E-state index in [0.29, 0.717) is 19.4 Å². The van der Waals surface area contributed by atoms with Gasteiger partial charge in [0.2, 0.25) is 0 Å². The number of nitrogens with two attached hydrogens (primary N) is 1. The first-order valence-corrected chi connectivity index (χ1v) is 8.80. The maximum Gasteiger partial charge on any atom is 0.165 e. The number of hydrogen-bond acceptors (Lipinski definition) is 3. The van der Waals surface area contributed by atoms with Crippen molar-refractivity contribution >= 4 is 0 Å². The third-order valence-corrected chi connectivity index (χ3v) is 5.31. The summed E-state index contributed by atoms with van der Waals surface area (Å²) in [5.41, 5.74) is 5.97. The number of rotatable bonds is 4. The quantitative estimate of drug-likeness (QED) is 0.826. The van der Waals surface area contributed by atoms with Gasteiger partial charge in [0.05, 0.1) is 12.7 Å². The molecule has 0 spiro atoms. The van der Waals surface area contributed by atoms with E-state index < -0.39 is 17.5 Å². The molecule has 2 aliphatic rings. The lowest BCUT2D eigenvalue weighted by Gasteiger charge is -2.33. The van der Waals surface area contributed by atoms with E-state index in [2.05, 4.69) is 5.32 Å². The average Bonchev–Trinajstić information content (AvgIpc) is 2.59. The summed E-state index contributed by atoms with van der Waals surface area (Å²) >= 11 is 0. The van der Waals surface area contributed by atoms with E-state index >= 15 is 0 Å². The topological polar surface area (TPSA) is 47.3 Å². The molecule has 3 nitrogen and oxygen atoms in total. The number of hydrogen-bond donors (Lipinski definition) is 2. The molecule has 1 aromatic rings. The third-order valence-electron chi connectivity index (χ3n) is 5.31.